The molecule has 8 heteroatoms. The molecule has 0 radical (unpaired) electrons. The number of aromatic nitrogens is 3. The van der Waals surface area contributed by atoms with Crippen LogP contribution >= 0.6 is 11.3 Å². The van der Waals surface area contributed by atoms with Crippen LogP contribution in [-0.4, -0.2) is 40.6 Å². The van der Waals surface area contributed by atoms with Gasteiger partial charge in [0.15, 0.2) is 0 Å². The Morgan fingerprint density at radius 2 is 2.00 bits per heavy atom. The number of carbonyl (C=O) groups excluding carboxylic acids is 1. The molecule has 0 amide bonds. The predicted octanol–water partition coefficient (Wildman–Crippen LogP) is 3.40. The molecule has 3 rings (SSSR count). The average Bonchev–Trinajstić information content (AvgIpc) is 2.96. The summed E-state index contributed by atoms with van der Waals surface area (Å²) in [5.41, 5.74) is 0.851. The Kier molecular flexibility index (Phi) is 5.62. The number of pyridine rings is 1. The first kappa shape index (κ1) is 18.1. The molecule has 0 atom stereocenters. The Morgan fingerprint density at radius 3 is 2.73 bits per heavy atom. The third kappa shape index (κ3) is 3.91. The van der Waals surface area contributed by atoms with Crippen molar-refractivity contribution in [2.75, 3.05) is 30.3 Å². The van der Waals surface area contributed by atoms with Gasteiger partial charge in [-0.05, 0) is 38.5 Å². The van der Waals surface area contributed by atoms with E-state index in [4.69, 9.17) is 4.74 Å². The third-order valence-corrected chi connectivity index (χ3v) is 4.92. The maximum Gasteiger partial charge on any atom is 0.348 e. The van der Waals surface area contributed by atoms with Gasteiger partial charge in [-0.3, -0.25) is 0 Å². The number of rotatable bonds is 7. The molecule has 0 saturated carbocycles. The second-order valence-electron chi connectivity index (χ2n) is 5.64. The lowest BCUT2D eigenvalue weighted by Crippen LogP contribution is -2.15. The van der Waals surface area contributed by atoms with E-state index in [1.807, 2.05) is 32.0 Å². The number of nitrogens with one attached hydrogen (secondary N) is 2. The smallest absolute Gasteiger partial charge is 0.348 e. The quantitative estimate of drug-likeness (QED) is 0.486. The molecule has 0 unspecified atom stereocenters. The van der Waals surface area contributed by atoms with E-state index in [-0.39, 0.29) is 5.97 Å². The van der Waals surface area contributed by atoms with Crippen LogP contribution in [0.25, 0.3) is 10.2 Å². The molecular weight excluding hydrogens is 350 g/mol. The molecule has 3 aromatic rings. The number of hydrogen-bond donors (Lipinski definition) is 2. The Labute approximate surface area is 155 Å². The number of carbonyl (C=O) groups is 1. The van der Waals surface area contributed by atoms with Crippen molar-refractivity contribution in [2.45, 2.75) is 20.8 Å². The molecule has 0 aliphatic heterocycles. The molecule has 0 aliphatic rings. The molecule has 136 valence electrons. The number of thiophene rings is 1. The molecule has 0 bridgehead atoms. The van der Waals surface area contributed by atoms with Gasteiger partial charge < -0.3 is 15.4 Å². The standard InChI is InChI=1S/C18H21N5O2S/c1-4-25-18(24)15-11(2)14-16(22-12(3)23-17(14)26-15)21-10-9-20-13-7-5-6-8-19-13/h5-8H,4,9-10H2,1-3H3,(H,19,20)(H,21,22,23). The minimum Gasteiger partial charge on any atom is -0.462 e. The number of nitrogens with zero attached hydrogens (tertiary/aromatic N) is 3. The number of hydrogen-bond acceptors (Lipinski definition) is 8. The summed E-state index contributed by atoms with van der Waals surface area (Å²) >= 11 is 1.35. The Hall–Kier alpha value is -2.74. The van der Waals surface area contributed by atoms with Crippen molar-refractivity contribution in [1.29, 1.82) is 0 Å². The maximum atomic E-state index is 12.2. The summed E-state index contributed by atoms with van der Waals surface area (Å²) in [6, 6.07) is 5.73. The van der Waals surface area contributed by atoms with Crippen molar-refractivity contribution in [2.24, 2.45) is 0 Å². The van der Waals surface area contributed by atoms with Gasteiger partial charge in [0.25, 0.3) is 0 Å². The lowest BCUT2D eigenvalue weighted by molar-refractivity contribution is 0.0531. The van der Waals surface area contributed by atoms with Gasteiger partial charge in [0.1, 0.15) is 27.2 Å². The molecule has 0 saturated heterocycles. The van der Waals surface area contributed by atoms with Crippen molar-refractivity contribution >= 4 is 39.2 Å². The Bertz CT molecular complexity index is 911. The maximum absolute atomic E-state index is 12.2. The van der Waals surface area contributed by atoms with Crippen LogP contribution in [0.4, 0.5) is 11.6 Å². The summed E-state index contributed by atoms with van der Waals surface area (Å²) in [4.78, 5) is 26.7. The molecule has 26 heavy (non-hydrogen) atoms. The lowest BCUT2D eigenvalue weighted by Gasteiger charge is -2.10. The minimum absolute atomic E-state index is 0.312. The fourth-order valence-electron chi connectivity index (χ4n) is 2.60. The van der Waals surface area contributed by atoms with Gasteiger partial charge in [0, 0.05) is 19.3 Å². The second kappa shape index (κ2) is 8.09. The minimum atomic E-state index is -0.312. The molecular formula is C18H21N5O2S. The number of anilines is 2. The number of aryl methyl sites for hydroxylation is 2. The van der Waals surface area contributed by atoms with E-state index in [1.54, 1.807) is 13.1 Å². The zero-order valence-corrected chi connectivity index (χ0v) is 15.8. The van der Waals surface area contributed by atoms with E-state index >= 15 is 0 Å². The highest BCUT2D eigenvalue weighted by atomic mass is 32.1. The predicted molar refractivity (Wildman–Crippen MR) is 104 cm³/mol. The summed E-state index contributed by atoms with van der Waals surface area (Å²) in [7, 11) is 0. The first-order chi connectivity index (χ1) is 12.6. The van der Waals surface area contributed by atoms with Gasteiger partial charge in [-0.1, -0.05) is 6.07 Å². The first-order valence-corrected chi connectivity index (χ1v) is 9.25. The van der Waals surface area contributed by atoms with Crippen LogP contribution in [0.15, 0.2) is 24.4 Å². The molecule has 2 N–H and O–H groups in total. The van der Waals surface area contributed by atoms with Crippen LogP contribution in [0.3, 0.4) is 0 Å². The largest absolute Gasteiger partial charge is 0.462 e. The highest BCUT2D eigenvalue weighted by Crippen LogP contribution is 2.34. The molecule has 3 heterocycles. The SMILES string of the molecule is CCOC(=O)c1sc2nc(C)nc(NCCNc3ccccn3)c2c1C. The van der Waals surface area contributed by atoms with Crippen molar-refractivity contribution < 1.29 is 9.53 Å². The van der Waals surface area contributed by atoms with Crippen LogP contribution in [0.2, 0.25) is 0 Å². The van der Waals surface area contributed by atoms with E-state index in [0.717, 1.165) is 27.4 Å². The monoisotopic (exact) mass is 371 g/mol. The molecule has 0 aromatic carbocycles. The zero-order chi connectivity index (χ0) is 18.5. The van der Waals surface area contributed by atoms with Crippen molar-refractivity contribution in [3.63, 3.8) is 0 Å². The van der Waals surface area contributed by atoms with E-state index < -0.39 is 0 Å². The van der Waals surface area contributed by atoms with Crippen molar-refractivity contribution in [3.8, 4) is 0 Å². The Morgan fingerprint density at radius 1 is 1.19 bits per heavy atom. The summed E-state index contributed by atoms with van der Waals surface area (Å²) in [5.74, 6) is 1.91. The van der Waals surface area contributed by atoms with E-state index in [1.165, 1.54) is 11.3 Å². The van der Waals surface area contributed by atoms with Gasteiger partial charge in [-0.2, -0.15) is 0 Å². The molecule has 3 aromatic heterocycles. The van der Waals surface area contributed by atoms with Crippen LogP contribution < -0.4 is 10.6 Å². The van der Waals surface area contributed by atoms with E-state index in [0.29, 0.717) is 30.4 Å². The second-order valence-corrected chi connectivity index (χ2v) is 6.64. The van der Waals surface area contributed by atoms with Crippen LogP contribution in [-0.2, 0) is 4.74 Å². The van der Waals surface area contributed by atoms with Gasteiger partial charge in [-0.15, -0.1) is 11.3 Å². The lowest BCUT2D eigenvalue weighted by atomic mass is 10.2. The van der Waals surface area contributed by atoms with Crippen molar-refractivity contribution in [1.82, 2.24) is 15.0 Å². The molecule has 0 spiro atoms. The summed E-state index contributed by atoms with van der Waals surface area (Å²) < 4.78 is 5.14. The number of ether oxygens (including phenoxy) is 1. The summed E-state index contributed by atoms with van der Waals surface area (Å²) in [5, 5.41) is 7.46. The Balaban J connectivity index is 1.77. The highest BCUT2D eigenvalue weighted by Gasteiger charge is 2.20. The van der Waals surface area contributed by atoms with Gasteiger partial charge in [0.2, 0.25) is 0 Å². The first-order valence-electron chi connectivity index (χ1n) is 8.43. The highest BCUT2D eigenvalue weighted by molar-refractivity contribution is 7.20. The average molecular weight is 371 g/mol. The fourth-order valence-corrected chi connectivity index (χ4v) is 3.72. The van der Waals surface area contributed by atoms with Gasteiger partial charge in [-0.25, -0.2) is 19.7 Å². The van der Waals surface area contributed by atoms with Gasteiger partial charge in [0.05, 0.1) is 12.0 Å². The number of esters is 1. The zero-order valence-electron chi connectivity index (χ0n) is 15.0. The topological polar surface area (TPSA) is 89.0 Å². The van der Waals surface area contributed by atoms with Crippen LogP contribution in [0, 0.1) is 13.8 Å². The molecule has 0 aliphatic carbocycles. The fraction of sp³-hybridized carbons (Fsp3) is 0.333. The molecule has 0 fully saturated rings. The van der Waals surface area contributed by atoms with Crippen LogP contribution in [0.5, 0.6) is 0 Å². The normalized spacial score (nSPS) is 10.7. The van der Waals surface area contributed by atoms with Gasteiger partial charge >= 0.3 is 5.97 Å². The van der Waals surface area contributed by atoms with Crippen LogP contribution in [0.1, 0.15) is 28.0 Å². The van der Waals surface area contributed by atoms with E-state index in [9.17, 15) is 4.79 Å². The summed E-state index contributed by atoms with van der Waals surface area (Å²) in [6.07, 6.45) is 1.75. The summed E-state index contributed by atoms with van der Waals surface area (Å²) in [6.45, 7) is 7.24. The number of fused-ring (bicyclic) bond motifs is 1. The van der Waals surface area contributed by atoms with Crippen molar-refractivity contribution in [3.05, 3.63) is 40.7 Å². The molecule has 7 nitrogen and oxygen atoms in total. The third-order valence-electron chi connectivity index (χ3n) is 3.75. The van der Waals surface area contributed by atoms with E-state index in [2.05, 4.69) is 25.6 Å².